The van der Waals surface area contributed by atoms with E-state index in [0.29, 0.717) is 56.4 Å². The summed E-state index contributed by atoms with van der Waals surface area (Å²) in [7, 11) is -5.32. The van der Waals surface area contributed by atoms with E-state index in [9.17, 15) is 53.2 Å². The summed E-state index contributed by atoms with van der Waals surface area (Å²) < 4.78 is 31.9. The number of phosphoric acid groups is 1. The number of imidazole rings is 1. The van der Waals surface area contributed by atoms with E-state index in [0.717, 1.165) is 11.1 Å². The second-order valence-corrected chi connectivity index (χ2v) is 28.3. The Morgan fingerprint density at radius 2 is 1.38 bits per heavy atom. The molecule has 27 nitrogen and oxygen atoms in total. The normalized spacial score (nSPS) is 33.5. The van der Waals surface area contributed by atoms with E-state index in [1.165, 1.54) is 17.8 Å². The Labute approximate surface area is 547 Å². The van der Waals surface area contributed by atoms with Crippen molar-refractivity contribution in [3.8, 4) is 0 Å². The largest absolute Gasteiger partial charge is 3.00 e. The third-order valence-electron chi connectivity index (χ3n) is 20.5. The van der Waals surface area contributed by atoms with Crippen molar-refractivity contribution in [3.63, 3.8) is 0 Å². The summed E-state index contributed by atoms with van der Waals surface area (Å²) in [6.45, 7) is 19.0. The first-order chi connectivity index (χ1) is 41.8. The molecule has 2 unspecified atom stereocenters. The topological polar surface area (TPSA) is 465 Å². The van der Waals surface area contributed by atoms with E-state index < -0.39 is 143 Å². The van der Waals surface area contributed by atoms with E-state index in [4.69, 9.17) is 68.5 Å². The summed E-state index contributed by atoms with van der Waals surface area (Å²) in [5, 5.41) is 30.1. The number of hydrogen-bond acceptors (Lipinski definition) is 18. The van der Waals surface area contributed by atoms with Gasteiger partial charge < -0.3 is 85.9 Å². The molecule has 1 aromatic carbocycles. The molecule has 8 bridgehead atoms. The number of ether oxygens (including phenoxy) is 1. The number of benzene rings is 1. The van der Waals surface area contributed by atoms with Crippen molar-refractivity contribution in [1.82, 2.24) is 14.9 Å². The van der Waals surface area contributed by atoms with Crippen molar-refractivity contribution in [2.45, 2.75) is 189 Å². The number of nitrogens with one attached hydrogen (secondary N) is 1. The van der Waals surface area contributed by atoms with E-state index in [1.54, 1.807) is 6.92 Å². The molecule has 15 N–H and O–H groups in total. The van der Waals surface area contributed by atoms with Gasteiger partial charge >= 0.3 is 16.8 Å². The summed E-state index contributed by atoms with van der Waals surface area (Å²) in [5.74, 6) is -7.40. The van der Waals surface area contributed by atoms with E-state index >= 15 is 0 Å². The van der Waals surface area contributed by atoms with Crippen molar-refractivity contribution in [2.75, 3.05) is 13.2 Å². The number of fused-ring (bicyclic) bond motifs is 7. The number of nitrogens with two attached hydrogens (primary N) is 6. The molecule has 1 aromatic heterocycles. The SMILES string of the molecule is C/C1=C2/[N-]C([C@H](CC(N)=O)[C@@]2(C)CCC(=O)NC[C@H](C)OP(=O)([O-])O[C@H]2[C@@H](O)[C@@H](n3cnc4cc(C)c(C)cc43)O[C@@H]2CO)[C@]2(C)N=C(/C(C)=C3N=C(/C=C4N=C1[C@@H](CCC(N)=O)C\4(C)C)[C@@H](CCC(N)=O)[C@]\3(C)CC(N)=O)[C@@H](CCC(N)=O)[C@]2(C)CC(N)=O.[CH3-].[Co+3]. The zero-order valence-corrected chi connectivity index (χ0v) is 56.4. The number of aryl methyl sites for hydroxylation is 2. The molecule has 7 amide bonds. The fourth-order valence-corrected chi connectivity index (χ4v) is 16.4. The van der Waals surface area contributed by atoms with Crippen LogP contribution < -0.4 is 44.6 Å². The molecule has 7 heterocycles. The summed E-state index contributed by atoms with van der Waals surface area (Å²) in [4.78, 5) is 128. The van der Waals surface area contributed by atoms with Crippen LogP contribution in [0.2, 0.25) is 0 Å². The summed E-state index contributed by atoms with van der Waals surface area (Å²) >= 11 is 0. The van der Waals surface area contributed by atoms with Gasteiger partial charge in [0.2, 0.25) is 41.4 Å². The molecule has 0 saturated carbocycles. The number of phosphoric ester groups is 1. The summed E-state index contributed by atoms with van der Waals surface area (Å²) in [5.41, 5.74) is 36.7. The van der Waals surface area contributed by atoms with E-state index in [-0.39, 0.29) is 101 Å². The van der Waals surface area contributed by atoms with Crippen molar-refractivity contribution < 1.29 is 83.8 Å². The fraction of sp³-hybridized carbons (Fsp3) is 0.619. The van der Waals surface area contributed by atoms with Crippen LogP contribution in [0.4, 0.5) is 0 Å². The molecule has 6 aliphatic heterocycles. The van der Waals surface area contributed by atoms with Gasteiger partial charge in [0.25, 0.3) is 7.82 Å². The Balaban J connectivity index is 0.00000672. The molecule has 2 saturated heterocycles. The Hall–Kier alpha value is -6.49. The first-order valence-corrected chi connectivity index (χ1v) is 32.0. The average Bonchev–Trinajstić information content (AvgIpc) is 1.53. The number of amides is 7. The number of carbonyl (C=O) groups is 7. The minimum Gasteiger partial charge on any atom is -0.756 e. The van der Waals surface area contributed by atoms with E-state index in [1.807, 2.05) is 80.5 Å². The van der Waals surface area contributed by atoms with Gasteiger partial charge in [0.1, 0.15) is 18.3 Å². The molecule has 2 fully saturated rings. The molecule has 6 aliphatic rings. The van der Waals surface area contributed by atoms with Crippen LogP contribution in [-0.4, -0.2) is 127 Å². The van der Waals surface area contributed by atoms with Crippen LogP contribution in [0.25, 0.3) is 16.4 Å². The molecule has 15 atom stereocenters. The monoisotopic (exact) mass is 1340 g/mol. The standard InChI is InChI=1S/C62H90N13O14P.CH3.Co/c1-29-20-39-40(21-30(29)2)75(28-70-39)57-52(84)53(41(27-76)87-57)89-90(85,86)88-31(3)26-69-49(83)18-19-59(8)37(22-46(66)80)56-62(11)61(10,25-48(68)82)36(14-17-45(65)79)51(74-62)33(5)55-60(9,24-47(67)81)34(12-15-43(63)77)38(71-55)23-42-58(6,7)35(13-16-44(64)78)50(72-42)32(4)54(59)73-56;;/h20-21,23,28,31,34-37,41,52-53,56-57,76,84H,12-19,22,24-27H2,1-11H3,(H15,63,64,65,66,67,68,69,71,72,73,74,77,78,79,80,81,82,83,85,86);1H3;/q;-1;+3/p-2/t31-,34+,35+,36+,37-,41+,52+,53+,56?,57-,59+,60-,61-,62-;;/m0../s1. The van der Waals surface area contributed by atoms with Gasteiger partial charge in [-0.1, -0.05) is 40.7 Å². The number of aliphatic imine (C=N–C) groups is 3. The number of allylic oxidation sites excluding steroid dienone is 6. The molecule has 0 radical (unpaired) electrons. The van der Waals surface area contributed by atoms with Crippen molar-refractivity contribution in [3.05, 3.63) is 76.6 Å². The average molecular weight is 1340 g/mol. The third-order valence-corrected chi connectivity index (χ3v) is 21.6. The van der Waals surface area contributed by atoms with Gasteiger partial charge in [-0.25, -0.2) is 4.98 Å². The summed E-state index contributed by atoms with van der Waals surface area (Å²) in [6.07, 6.45) is -4.79. The van der Waals surface area contributed by atoms with Gasteiger partial charge in [0.15, 0.2) is 6.23 Å². The molecule has 0 spiro atoms. The number of hydrogen-bond donors (Lipinski definition) is 9. The Bertz CT molecular complexity index is 3540. The van der Waals surface area contributed by atoms with Gasteiger partial charge in [-0.3, -0.25) is 53.1 Å². The van der Waals surface area contributed by atoms with Crippen LogP contribution in [0.5, 0.6) is 0 Å². The van der Waals surface area contributed by atoms with Crippen LogP contribution in [0.15, 0.2) is 67.8 Å². The van der Waals surface area contributed by atoms with Gasteiger partial charge in [-0.2, -0.15) is 5.70 Å². The van der Waals surface area contributed by atoms with Crippen molar-refractivity contribution in [2.24, 2.45) is 94.7 Å². The molecule has 8 rings (SSSR count). The number of rotatable bonds is 26. The van der Waals surface area contributed by atoms with Crippen LogP contribution in [0, 0.1) is 66.6 Å². The van der Waals surface area contributed by atoms with Gasteiger partial charge in [-0.15, -0.1) is 0 Å². The van der Waals surface area contributed by atoms with Crippen LogP contribution >= 0.6 is 7.82 Å². The Morgan fingerprint density at radius 1 is 0.793 bits per heavy atom. The van der Waals surface area contributed by atoms with Gasteiger partial charge in [-0.05, 0) is 119 Å². The molecule has 92 heavy (non-hydrogen) atoms. The summed E-state index contributed by atoms with van der Waals surface area (Å²) in [6, 6.07) is 2.65. The number of aliphatic hydroxyl groups excluding tert-OH is 2. The first-order valence-electron chi connectivity index (χ1n) is 30.5. The molecular formula is C63H91CoN13O14P. The number of aliphatic hydroxyl groups is 2. The molecule has 29 heteroatoms. The second kappa shape index (κ2) is 27.8. The first kappa shape index (κ1) is 74.5. The minimum atomic E-state index is -5.32. The smallest absolute Gasteiger partial charge is 0.756 e. The maximum Gasteiger partial charge on any atom is 3.00 e. The zero-order chi connectivity index (χ0) is 66.7. The Morgan fingerprint density at radius 3 is 1.96 bits per heavy atom. The predicted octanol–water partition coefficient (Wildman–Crippen LogP) is 3.76. The molecule has 2 aromatic rings. The number of aromatic nitrogens is 2. The second-order valence-electron chi connectivity index (χ2n) is 27.0. The molecular weight excluding hydrogens is 1250 g/mol. The zero-order valence-electron chi connectivity index (χ0n) is 54.5. The van der Waals surface area contributed by atoms with Crippen molar-refractivity contribution in [1.29, 1.82) is 0 Å². The predicted molar refractivity (Wildman–Crippen MR) is 338 cm³/mol. The van der Waals surface area contributed by atoms with Crippen LogP contribution in [0.1, 0.15) is 150 Å². The van der Waals surface area contributed by atoms with Gasteiger partial charge in [0, 0.05) is 108 Å². The van der Waals surface area contributed by atoms with Gasteiger partial charge in [0.05, 0.1) is 41.3 Å². The number of primary amides is 6. The van der Waals surface area contributed by atoms with Crippen molar-refractivity contribution >= 4 is 77.3 Å². The maximum absolute atomic E-state index is 14.4. The molecule has 506 valence electrons. The number of carbonyl (C=O) groups excluding carboxylic acids is 7. The van der Waals surface area contributed by atoms with E-state index in [2.05, 4.69) is 10.3 Å². The maximum atomic E-state index is 14.4. The number of nitrogens with zero attached hydrogens (tertiary/aromatic N) is 6. The Kier molecular flexibility index (Phi) is 22.6. The minimum absolute atomic E-state index is 0. The van der Waals surface area contributed by atoms with Crippen LogP contribution in [0.3, 0.4) is 0 Å². The molecule has 0 aliphatic carbocycles. The fourth-order valence-electron chi connectivity index (χ4n) is 15.3. The van der Waals surface area contributed by atoms with Crippen LogP contribution in [-0.2, 0) is 68.7 Å². The third kappa shape index (κ3) is 14.1. The quantitative estimate of drug-likeness (QED) is 0.0478.